The van der Waals surface area contributed by atoms with E-state index in [0.29, 0.717) is 0 Å². The standard InChI is InChI=1S/C5H4N4O2/c1-2-4-6-7-8-9(4)3-5(10)11/h1H,3H2,(H,10,11). The Balaban J connectivity index is 2.87. The maximum atomic E-state index is 10.1. The molecule has 1 rings (SSSR count). The van der Waals surface area contributed by atoms with Crippen LogP contribution in [0.25, 0.3) is 0 Å². The number of tetrazole rings is 1. The van der Waals surface area contributed by atoms with Crippen molar-refractivity contribution in [3.63, 3.8) is 0 Å². The van der Waals surface area contributed by atoms with Gasteiger partial charge in [0.1, 0.15) is 6.54 Å². The van der Waals surface area contributed by atoms with E-state index in [1.54, 1.807) is 0 Å². The highest BCUT2D eigenvalue weighted by molar-refractivity contribution is 5.66. The van der Waals surface area contributed by atoms with Gasteiger partial charge >= 0.3 is 5.97 Å². The molecule has 0 unspecified atom stereocenters. The fraction of sp³-hybridized carbons (Fsp3) is 0.200. The van der Waals surface area contributed by atoms with Crippen molar-refractivity contribution < 1.29 is 9.90 Å². The molecule has 0 spiro atoms. The molecule has 1 aromatic rings. The Morgan fingerprint density at radius 2 is 2.55 bits per heavy atom. The summed E-state index contributed by atoms with van der Waals surface area (Å²) in [7, 11) is 0. The van der Waals surface area contributed by atoms with E-state index < -0.39 is 5.97 Å². The van der Waals surface area contributed by atoms with Crippen LogP contribution in [0.2, 0.25) is 0 Å². The SMILES string of the molecule is C#Cc1nnnn1CC(=O)O. The largest absolute Gasteiger partial charge is 0.480 e. The number of carboxylic acids is 1. The van der Waals surface area contributed by atoms with E-state index in [-0.39, 0.29) is 12.4 Å². The third kappa shape index (κ3) is 1.52. The van der Waals surface area contributed by atoms with Crippen LogP contribution in [0.1, 0.15) is 5.82 Å². The quantitative estimate of drug-likeness (QED) is 0.535. The molecular weight excluding hydrogens is 148 g/mol. The smallest absolute Gasteiger partial charge is 0.325 e. The zero-order chi connectivity index (χ0) is 8.27. The van der Waals surface area contributed by atoms with Crippen LogP contribution in [0.5, 0.6) is 0 Å². The number of carbonyl (C=O) groups is 1. The Hall–Kier alpha value is -1.90. The molecule has 0 saturated carbocycles. The second kappa shape index (κ2) is 2.79. The summed E-state index contributed by atoms with van der Waals surface area (Å²) in [5.74, 6) is 1.23. The third-order valence-corrected chi connectivity index (χ3v) is 0.946. The number of nitrogens with zero attached hydrogens (tertiary/aromatic N) is 4. The van der Waals surface area contributed by atoms with E-state index >= 15 is 0 Å². The van der Waals surface area contributed by atoms with E-state index in [1.165, 1.54) is 0 Å². The van der Waals surface area contributed by atoms with Crippen LogP contribution >= 0.6 is 0 Å². The van der Waals surface area contributed by atoms with Crippen LogP contribution < -0.4 is 0 Å². The molecule has 0 radical (unpaired) electrons. The minimum Gasteiger partial charge on any atom is -0.480 e. The van der Waals surface area contributed by atoms with Gasteiger partial charge in [-0.25, -0.2) is 4.68 Å². The second-order valence-electron chi connectivity index (χ2n) is 1.70. The first kappa shape index (κ1) is 7.21. The van der Waals surface area contributed by atoms with Crippen LogP contribution in [0.15, 0.2) is 0 Å². The molecule has 0 atom stereocenters. The molecule has 0 aromatic carbocycles. The van der Waals surface area contributed by atoms with Gasteiger partial charge in [-0.15, -0.1) is 6.42 Å². The minimum atomic E-state index is -1.03. The summed E-state index contributed by atoms with van der Waals surface area (Å²) in [5.41, 5.74) is 0. The number of rotatable bonds is 2. The number of aromatic nitrogens is 4. The van der Waals surface area contributed by atoms with Gasteiger partial charge in [0.15, 0.2) is 0 Å². The van der Waals surface area contributed by atoms with Gasteiger partial charge in [-0.3, -0.25) is 4.79 Å². The molecule has 6 heteroatoms. The Kier molecular flexibility index (Phi) is 1.83. The lowest BCUT2D eigenvalue weighted by atomic mass is 10.6. The van der Waals surface area contributed by atoms with Crippen LogP contribution in [-0.4, -0.2) is 31.3 Å². The topological polar surface area (TPSA) is 80.9 Å². The van der Waals surface area contributed by atoms with Crippen molar-refractivity contribution in [2.45, 2.75) is 6.54 Å². The van der Waals surface area contributed by atoms with E-state index in [2.05, 4.69) is 21.4 Å². The molecule has 0 bridgehead atoms. The molecule has 0 fully saturated rings. The van der Waals surface area contributed by atoms with Crippen molar-refractivity contribution >= 4 is 5.97 Å². The molecule has 0 amide bonds. The highest BCUT2D eigenvalue weighted by Crippen LogP contribution is 1.87. The summed E-state index contributed by atoms with van der Waals surface area (Å²) < 4.78 is 1.03. The van der Waals surface area contributed by atoms with E-state index in [1.807, 2.05) is 0 Å². The molecule has 1 N–H and O–H groups in total. The Bertz CT molecular complexity index is 311. The average molecular weight is 152 g/mol. The van der Waals surface area contributed by atoms with Crippen molar-refractivity contribution in [2.24, 2.45) is 0 Å². The summed E-state index contributed by atoms with van der Waals surface area (Å²) in [6.45, 7) is -0.313. The van der Waals surface area contributed by atoms with Crippen molar-refractivity contribution in [3.8, 4) is 12.3 Å². The van der Waals surface area contributed by atoms with E-state index in [0.717, 1.165) is 4.68 Å². The number of carboxylic acid groups (broad SMARTS) is 1. The lowest BCUT2D eigenvalue weighted by Crippen LogP contribution is -2.12. The summed E-state index contributed by atoms with van der Waals surface area (Å²) in [6.07, 6.45) is 4.96. The third-order valence-electron chi connectivity index (χ3n) is 0.946. The van der Waals surface area contributed by atoms with Crippen molar-refractivity contribution in [3.05, 3.63) is 5.82 Å². The predicted molar refractivity (Wildman–Crippen MR) is 33.4 cm³/mol. The highest BCUT2D eigenvalue weighted by atomic mass is 16.4. The van der Waals surface area contributed by atoms with Crippen LogP contribution in [0, 0.1) is 12.3 Å². The van der Waals surface area contributed by atoms with Gasteiger partial charge in [-0.1, -0.05) is 5.10 Å². The van der Waals surface area contributed by atoms with Gasteiger partial charge in [-0.05, 0) is 16.3 Å². The molecular formula is C5H4N4O2. The van der Waals surface area contributed by atoms with Crippen molar-refractivity contribution in [1.29, 1.82) is 0 Å². The number of hydrogen-bond donors (Lipinski definition) is 1. The molecule has 0 saturated heterocycles. The normalized spacial score (nSPS) is 9.00. The summed E-state index contributed by atoms with van der Waals surface area (Å²) in [5, 5.41) is 18.3. The van der Waals surface area contributed by atoms with Gasteiger partial charge < -0.3 is 5.11 Å². The number of hydrogen-bond acceptors (Lipinski definition) is 4. The van der Waals surface area contributed by atoms with Crippen molar-refractivity contribution in [2.75, 3.05) is 0 Å². The average Bonchev–Trinajstić information content (AvgIpc) is 2.34. The molecule has 6 nitrogen and oxygen atoms in total. The van der Waals surface area contributed by atoms with Gasteiger partial charge in [0.2, 0.25) is 5.82 Å². The number of terminal acetylenes is 1. The van der Waals surface area contributed by atoms with Crippen LogP contribution in [-0.2, 0) is 11.3 Å². The zero-order valence-electron chi connectivity index (χ0n) is 5.43. The Labute approximate surface area is 61.8 Å². The molecule has 0 aliphatic carbocycles. The minimum absolute atomic E-state index is 0.118. The first-order chi connectivity index (χ1) is 5.24. The van der Waals surface area contributed by atoms with Crippen LogP contribution in [0.3, 0.4) is 0 Å². The maximum Gasteiger partial charge on any atom is 0.325 e. The first-order valence-electron chi connectivity index (χ1n) is 2.68. The lowest BCUT2D eigenvalue weighted by Gasteiger charge is -1.92. The fourth-order valence-corrected chi connectivity index (χ4v) is 0.543. The Morgan fingerprint density at radius 3 is 3.09 bits per heavy atom. The summed E-state index contributed by atoms with van der Waals surface area (Å²) in [6, 6.07) is 0. The van der Waals surface area contributed by atoms with E-state index in [9.17, 15) is 4.79 Å². The second-order valence-corrected chi connectivity index (χ2v) is 1.70. The Morgan fingerprint density at radius 1 is 1.82 bits per heavy atom. The molecule has 56 valence electrons. The van der Waals surface area contributed by atoms with Crippen LogP contribution in [0.4, 0.5) is 0 Å². The lowest BCUT2D eigenvalue weighted by molar-refractivity contribution is -0.137. The van der Waals surface area contributed by atoms with Crippen molar-refractivity contribution in [1.82, 2.24) is 20.2 Å². The molecule has 1 heterocycles. The highest BCUT2D eigenvalue weighted by Gasteiger charge is 2.05. The first-order valence-corrected chi connectivity index (χ1v) is 2.68. The monoisotopic (exact) mass is 152 g/mol. The fourth-order valence-electron chi connectivity index (χ4n) is 0.543. The summed E-state index contributed by atoms with van der Waals surface area (Å²) in [4.78, 5) is 10.1. The predicted octanol–water partition coefficient (Wildman–Crippen LogP) is -1.26. The van der Waals surface area contributed by atoms with Gasteiger partial charge in [-0.2, -0.15) is 0 Å². The van der Waals surface area contributed by atoms with Gasteiger partial charge in [0.05, 0.1) is 0 Å². The number of aliphatic carboxylic acids is 1. The maximum absolute atomic E-state index is 10.1. The van der Waals surface area contributed by atoms with Gasteiger partial charge in [0.25, 0.3) is 0 Å². The van der Waals surface area contributed by atoms with E-state index in [4.69, 9.17) is 11.5 Å². The molecule has 1 aromatic heterocycles. The molecule has 0 aliphatic heterocycles. The van der Waals surface area contributed by atoms with Gasteiger partial charge in [0, 0.05) is 0 Å². The molecule has 0 aliphatic rings. The summed E-state index contributed by atoms with van der Waals surface area (Å²) >= 11 is 0. The molecule has 11 heavy (non-hydrogen) atoms. The zero-order valence-corrected chi connectivity index (χ0v) is 5.43.